The molecule has 1 aliphatic rings. The highest BCUT2D eigenvalue weighted by Crippen LogP contribution is 2.28. The molecule has 20 heavy (non-hydrogen) atoms. The summed E-state index contributed by atoms with van der Waals surface area (Å²) < 4.78 is 0.740. The van der Waals surface area contributed by atoms with Gasteiger partial charge in [0.15, 0.2) is 0 Å². The van der Waals surface area contributed by atoms with Gasteiger partial charge in [-0.25, -0.2) is 0 Å². The second-order valence-electron chi connectivity index (χ2n) is 4.94. The van der Waals surface area contributed by atoms with Gasteiger partial charge in [0.2, 0.25) is 0 Å². The number of aliphatic carboxylic acids is 1. The molecule has 1 aromatic heterocycles. The Labute approximate surface area is 126 Å². The van der Waals surface area contributed by atoms with E-state index >= 15 is 0 Å². The maximum Gasteiger partial charge on any atom is 0.321 e. The number of carboxylic acids is 1. The molecule has 0 radical (unpaired) electrons. The van der Waals surface area contributed by atoms with Crippen LogP contribution in [0.2, 0.25) is 4.34 Å². The molecule has 1 aromatic carbocycles. The predicted molar refractivity (Wildman–Crippen MR) is 80.1 cm³/mol. The van der Waals surface area contributed by atoms with E-state index in [4.69, 9.17) is 11.6 Å². The van der Waals surface area contributed by atoms with Crippen molar-refractivity contribution in [1.29, 1.82) is 0 Å². The van der Waals surface area contributed by atoms with Gasteiger partial charge in [0.05, 0.1) is 4.34 Å². The third-order valence-electron chi connectivity index (χ3n) is 3.62. The lowest BCUT2D eigenvalue weighted by Crippen LogP contribution is -2.44. The lowest BCUT2D eigenvalue weighted by Gasteiger charge is -2.34. The number of hydrogen-bond donors (Lipinski definition) is 1. The summed E-state index contributed by atoms with van der Waals surface area (Å²) in [5.74, 6) is -0.762. The van der Waals surface area contributed by atoms with Crippen molar-refractivity contribution in [3.05, 3.63) is 56.7 Å². The normalized spacial score (nSPS) is 18.8. The number of nitrogens with zero attached hydrogens (tertiary/aromatic N) is 1. The van der Waals surface area contributed by atoms with Gasteiger partial charge in [0.25, 0.3) is 0 Å². The fraction of sp³-hybridized carbons (Fsp3) is 0.267. The highest BCUT2D eigenvalue weighted by atomic mass is 35.5. The number of carbonyl (C=O) groups is 1. The fourth-order valence-electron chi connectivity index (χ4n) is 2.62. The van der Waals surface area contributed by atoms with Crippen LogP contribution in [0.1, 0.15) is 16.0 Å². The summed E-state index contributed by atoms with van der Waals surface area (Å²) in [7, 11) is 0. The van der Waals surface area contributed by atoms with Gasteiger partial charge < -0.3 is 5.11 Å². The molecule has 1 atom stereocenters. The minimum atomic E-state index is -0.762. The first-order valence-electron chi connectivity index (χ1n) is 6.41. The molecule has 0 spiro atoms. The maximum atomic E-state index is 11.5. The van der Waals surface area contributed by atoms with Crippen molar-refractivity contribution < 1.29 is 9.90 Å². The molecule has 2 heterocycles. The number of halogens is 1. The van der Waals surface area contributed by atoms with Crippen molar-refractivity contribution in [3.8, 4) is 0 Å². The third-order valence-corrected chi connectivity index (χ3v) is 4.83. The summed E-state index contributed by atoms with van der Waals surface area (Å²) in [6, 6.07) is 11.4. The van der Waals surface area contributed by atoms with Crippen molar-refractivity contribution in [2.45, 2.75) is 25.6 Å². The summed E-state index contributed by atoms with van der Waals surface area (Å²) in [5, 5.41) is 9.45. The molecule has 0 saturated heterocycles. The molecule has 3 rings (SSSR count). The largest absolute Gasteiger partial charge is 0.480 e. The molecule has 5 heteroatoms. The van der Waals surface area contributed by atoms with E-state index in [1.165, 1.54) is 16.9 Å². The van der Waals surface area contributed by atoms with Crippen LogP contribution in [0.5, 0.6) is 0 Å². The van der Waals surface area contributed by atoms with E-state index in [-0.39, 0.29) is 0 Å². The fourth-order valence-corrected chi connectivity index (χ4v) is 3.74. The van der Waals surface area contributed by atoms with Crippen LogP contribution in [0.3, 0.4) is 0 Å². The van der Waals surface area contributed by atoms with Crippen molar-refractivity contribution >= 4 is 28.9 Å². The molecule has 0 unspecified atom stereocenters. The van der Waals surface area contributed by atoms with Crippen LogP contribution in [-0.4, -0.2) is 22.0 Å². The second kappa shape index (κ2) is 5.56. The van der Waals surface area contributed by atoms with Crippen LogP contribution in [-0.2, 0) is 24.3 Å². The topological polar surface area (TPSA) is 40.5 Å². The Morgan fingerprint density at radius 1 is 1.30 bits per heavy atom. The zero-order chi connectivity index (χ0) is 14.1. The minimum absolute atomic E-state index is 0.467. The first-order valence-corrected chi connectivity index (χ1v) is 7.61. The summed E-state index contributed by atoms with van der Waals surface area (Å²) in [5.41, 5.74) is 2.35. The van der Waals surface area contributed by atoms with E-state index in [9.17, 15) is 9.90 Å². The molecule has 0 fully saturated rings. The Morgan fingerprint density at radius 3 is 2.70 bits per heavy atom. The standard InChI is InChI=1S/C15H14ClNO2S/c16-14-6-5-12(20-14)9-17-8-11-4-2-1-3-10(11)7-13(17)15(18)19/h1-6,13H,7-9H2,(H,18,19)/t13-/m0/s1. The van der Waals surface area contributed by atoms with Crippen LogP contribution < -0.4 is 0 Å². The van der Waals surface area contributed by atoms with Gasteiger partial charge in [-0.2, -0.15) is 0 Å². The number of thiophene rings is 1. The smallest absolute Gasteiger partial charge is 0.321 e. The highest BCUT2D eigenvalue weighted by Gasteiger charge is 2.31. The van der Waals surface area contributed by atoms with E-state index in [2.05, 4.69) is 6.07 Å². The van der Waals surface area contributed by atoms with Crippen LogP contribution in [0, 0.1) is 0 Å². The van der Waals surface area contributed by atoms with Gasteiger partial charge in [-0.05, 0) is 29.7 Å². The maximum absolute atomic E-state index is 11.5. The molecule has 0 aliphatic carbocycles. The van der Waals surface area contributed by atoms with Crippen molar-refractivity contribution in [3.63, 3.8) is 0 Å². The average Bonchev–Trinajstić information content (AvgIpc) is 2.83. The van der Waals surface area contributed by atoms with Crippen LogP contribution >= 0.6 is 22.9 Å². The number of hydrogen-bond acceptors (Lipinski definition) is 3. The van der Waals surface area contributed by atoms with Crippen molar-refractivity contribution in [2.75, 3.05) is 0 Å². The van der Waals surface area contributed by atoms with Crippen LogP contribution in [0.15, 0.2) is 36.4 Å². The van der Waals surface area contributed by atoms with Gasteiger partial charge in [0, 0.05) is 18.0 Å². The summed E-state index contributed by atoms with van der Waals surface area (Å²) in [6.45, 7) is 1.30. The molecular weight excluding hydrogens is 294 g/mol. The average molecular weight is 308 g/mol. The first kappa shape index (κ1) is 13.6. The summed E-state index contributed by atoms with van der Waals surface area (Å²) in [4.78, 5) is 14.6. The quantitative estimate of drug-likeness (QED) is 0.944. The molecule has 2 aromatic rings. The Kier molecular flexibility index (Phi) is 3.78. The Bertz CT molecular complexity index is 640. The van der Waals surface area contributed by atoms with Gasteiger partial charge in [-0.3, -0.25) is 9.69 Å². The van der Waals surface area contributed by atoms with E-state index in [0.29, 0.717) is 19.5 Å². The van der Waals surface area contributed by atoms with E-state index < -0.39 is 12.0 Å². The number of carboxylic acid groups (broad SMARTS) is 1. The van der Waals surface area contributed by atoms with E-state index in [0.717, 1.165) is 14.8 Å². The Morgan fingerprint density at radius 2 is 2.05 bits per heavy atom. The van der Waals surface area contributed by atoms with Gasteiger partial charge in [-0.15, -0.1) is 11.3 Å². The number of benzene rings is 1. The summed E-state index contributed by atoms with van der Waals surface area (Å²) in [6.07, 6.45) is 0.560. The molecule has 104 valence electrons. The Hall–Kier alpha value is -1.36. The lowest BCUT2D eigenvalue weighted by molar-refractivity contribution is -0.144. The second-order valence-corrected chi connectivity index (χ2v) is 6.74. The number of rotatable bonds is 3. The monoisotopic (exact) mass is 307 g/mol. The molecule has 3 nitrogen and oxygen atoms in total. The molecule has 0 saturated carbocycles. The zero-order valence-electron chi connectivity index (χ0n) is 10.8. The molecule has 0 amide bonds. The molecule has 1 N–H and O–H groups in total. The first-order chi connectivity index (χ1) is 9.63. The Balaban J connectivity index is 1.86. The lowest BCUT2D eigenvalue weighted by atomic mass is 9.94. The highest BCUT2D eigenvalue weighted by molar-refractivity contribution is 7.16. The van der Waals surface area contributed by atoms with E-state index in [1.807, 2.05) is 35.2 Å². The van der Waals surface area contributed by atoms with Gasteiger partial charge in [0.1, 0.15) is 6.04 Å². The third kappa shape index (κ3) is 2.73. The molecule has 1 aliphatic heterocycles. The van der Waals surface area contributed by atoms with Crippen LogP contribution in [0.25, 0.3) is 0 Å². The molecular formula is C15H14ClNO2S. The molecule has 0 bridgehead atoms. The minimum Gasteiger partial charge on any atom is -0.480 e. The van der Waals surface area contributed by atoms with Crippen molar-refractivity contribution in [1.82, 2.24) is 4.90 Å². The SMILES string of the molecule is O=C(O)[C@@H]1Cc2ccccc2CN1Cc1ccc(Cl)s1. The van der Waals surface area contributed by atoms with Gasteiger partial charge in [-0.1, -0.05) is 35.9 Å². The number of fused-ring (bicyclic) bond motifs is 1. The zero-order valence-corrected chi connectivity index (χ0v) is 12.3. The van der Waals surface area contributed by atoms with Gasteiger partial charge >= 0.3 is 5.97 Å². The van der Waals surface area contributed by atoms with E-state index in [1.54, 1.807) is 0 Å². The predicted octanol–water partition coefficient (Wildman–Crippen LogP) is 3.41. The summed E-state index contributed by atoms with van der Waals surface area (Å²) >= 11 is 7.45. The van der Waals surface area contributed by atoms with Crippen molar-refractivity contribution in [2.24, 2.45) is 0 Å². The van der Waals surface area contributed by atoms with Crippen LogP contribution in [0.4, 0.5) is 0 Å².